The van der Waals surface area contributed by atoms with E-state index in [9.17, 15) is 5.26 Å². The van der Waals surface area contributed by atoms with Crippen LogP contribution in [0.25, 0.3) is 11.1 Å². The summed E-state index contributed by atoms with van der Waals surface area (Å²) in [5.41, 5.74) is 3.04. The second-order valence-corrected chi connectivity index (χ2v) is 5.60. The smallest absolute Gasteiger partial charge is 0.134 e. The van der Waals surface area contributed by atoms with E-state index in [1.807, 2.05) is 0 Å². The first kappa shape index (κ1) is 14.8. The van der Waals surface area contributed by atoms with E-state index in [-0.39, 0.29) is 0 Å². The van der Waals surface area contributed by atoms with Crippen LogP contribution in [0.1, 0.15) is 21.5 Å². The molecule has 0 unspecified atom stereocenters. The summed E-state index contributed by atoms with van der Waals surface area (Å²) in [5.74, 6) is 0. The molecule has 0 spiro atoms. The number of nitriles is 2. The Labute approximate surface area is 132 Å². The number of thiol groups is 1. The third kappa shape index (κ3) is 2.76. The highest BCUT2D eigenvalue weighted by Gasteiger charge is 2.18. The predicted octanol–water partition coefficient (Wildman–Crippen LogP) is 4.86. The number of hydrogen-bond acceptors (Lipinski definition) is 3. The van der Waals surface area contributed by atoms with Crippen LogP contribution in [-0.4, -0.2) is 0 Å². The van der Waals surface area contributed by atoms with Crippen molar-refractivity contribution in [2.45, 2.75) is 9.73 Å². The van der Waals surface area contributed by atoms with E-state index in [4.69, 9.17) is 28.5 Å². The minimum Gasteiger partial charge on any atom is -0.192 e. The van der Waals surface area contributed by atoms with E-state index in [1.54, 1.807) is 36.4 Å². The van der Waals surface area contributed by atoms with Gasteiger partial charge in [0.1, 0.15) is 4.84 Å². The minimum absolute atomic E-state index is 0.466. The van der Waals surface area contributed by atoms with Gasteiger partial charge in [-0.05, 0) is 29.8 Å². The lowest BCUT2D eigenvalue weighted by molar-refractivity contribution is 1.22. The number of halogens is 2. The Bertz CT molecular complexity index is 725. The summed E-state index contributed by atoms with van der Waals surface area (Å²) in [5, 5.41) is 18.1. The van der Waals surface area contributed by atoms with Gasteiger partial charge in [0.25, 0.3) is 0 Å². The van der Waals surface area contributed by atoms with Crippen molar-refractivity contribution in [3.63, 3.8) is 0 Å². The van der Waals surface area contributed by atoms with Gasteiger partial charge in [0.2, 0.25) is 0 Å². The summed E-state index contributed by atoms with van der Waals surface area (Å²) in [6.07, 6.45) is 0. The first-order valence-corrected chi connectivity index (χ1v) is 6.95. The highest BCUT2D eigenvalue weighted by atomic mass is 35.5. The summed E-state index contributed by atoms with van der Waals surface area (Å²) in [7, 11) is 0. The third-order valence-electron chi connectivity index (χ3n) is 2.86. The highest BCUT2D eigenvalue weighted by Crippen LogP contribution is 2.40. The molecule has 98 valence electrons. The van der Waals surface area contributed by atoms with Crippen LogP contribution < -0.4 is 0 Å². The molecule has 0 aliphatic carbocycles. The molecule has 0 N–H and O–H groups in total. The molecular weight excluding hydrogens is 311 g/mol. The van der Waals surface area contributed by atoms with Crippen molar-refractivity contribution < 1.29 is 0 Å². The zero-order valence-corrected chi connectivity index (χ0v) is 12.5. The summed E-state index contributed by atoms with van der Waals surface area (Å²) in [6, 6.07) is 14.5. The molecule has 0 saturated carbocycles. The molecule has 0 heterocycles. The van der Waals surface area contributed by atoms with Gasteiger partial charge in [-0.2, -0.15) is 10.5 Å². The molecule has 0 fully saturated rings. The summed E-state index contributed by atoms with van der Waals surface area (Å²) in [4.78, 5) is -0.167. The van der Waals surface area contributed by atoms with Crippen molar-refractivity contribution in [1.29, 1.82) is 10.5 Å². The quantitative estimate of drug-likeness (QED) is 0.634. The van der Waals surface area contributed by atoms with E-state index in [0.717, 1.165) is 5.56 Å². The normalized spacial score (nSPS) is 10.1. The Hall–Kier alpha value is -1.65. The average Bonchev–Trinajstić information content (AvgIpc) is 2.46. The van der Waals surface area contributed by atoms with E-state index in [1.165, 1.54) is 0 Å². The van der Waals surface area contributed by atoms with Crippen LogP contribution in [0.3, 0.4) is 0 Å². The lowest BCUT2D eigenvalue weighted by atomic mass is 9.95. The van der Waals surface area contributed by atoms with Crippen molar-refractivity contribution in [3.05, 3.63) is 53.1 Å². The van der Waals surface area contributed by atoms with Crippen molar-refractivity contribution in [2.24, 2.45) is 0 Å². The number of nitrogens with zero attached hydrogens (tertiary/aromatic N) is 2. The van der Waals surface area contributed by atoms with E-state index in [2.05, 4.69) is 24.8 Å². The maximum atomic E-state index is 9.26. The van der Waals surface area contributed by atoms with Gasteiger partial charge in [0, 0.05) is 16.0 Å². The molecule has 20 heavy (non-hydrogen) atoms. The molecule has 0 amide bonds. The molecule has 2 nitrogen and oxygen atoms in total. The van der Waals surface area contributed by atoms with E-state index in [0.29, 0.717) is 27.1 Å². The SMILES string of the molecule is N#Cc1ccc(-c2c(C#N)ccc(S)c2C(Cl)Cl)cc1. The van der Waals surface area contributed by atoms with Crippen LogP contribution in [0.2, 0.25) is 0 Å². The summed E-state index contributed by atoms with van der Waals surface area (Å²) < 4.78 is 0. The molecule has 0 saturated heterocycles. The van der Waals surface area contributed by atoms with Gasteiger partial charge in [-0.15, -0.1) is 12.6 Å². The Kier molecular flexibility index (Phi) is 4.57. The fourth-order valence-corrected chi connectivity index (χ4v) is 2.87. The molecule has 0 atom stereocenters. The number of rotatable bonds is 2. The molecule has 0 radical (unpaired) electrons. The third-order valence-corrected chi connectivity index (χ3v) is 3.69. The maximum Gasteiger partial charge on any atom is 0.134 e. The number of alkyl halides is 2. The lowest BCUT2D eigenvalue weighted by Crippen LogP contribution is -1.95. The van der Waals surface area contributed by atoms with Gasteiger partial charge in [-0.1, -0.05) is 35.3 Å². The fraction of sp³-hybridized carbons (Fsp3) is 0.0667. The first-order chi connectivity index (χ1) is 9.58. The Morgan fingerprint density at radius 2 is 1.60 bits per heavy atom. The van der Waals surface area contributed by atoms with Gasteiger partial charge in [-0.25, -0.2) is 0 Å². The minimum atomic E-state index is -0.790. The van der Waals surface area contributed by atoms with Crippen molar-refractivity contribution in [3.8, 4) is 23.3 Å². The largest absolute Gasteiger partial charge is 0.192 e. The second-order valence-electron chi connectivity index (χ2n) is 4.02. The van der Waals surface area contributed by atoms with Crippen LogP contribution in [0.4, 0.5) is 0 Å². The average molecular weight is 319 g/mol. The van der Waals surface area contributed by atoms with Gasteiger partial charge < -0.3 is 0 Å². The fourth-order valence-electron chi connectivity index (χ4n) is 1.95. The van der Waals surface area contributed by atoms with E-state index >= 15 is 0 Å². The van der Waals surface area contributed by atoms with Crippen molar-refractivity contribution in [1.82, 2.24) is 0 Å². The van der Waals surface area contributed by atoms with E-state index < -0.39 is 4.84 Å². The van der Waals surface area contributed by atoms with Crippen molar-refractivity contribution in [2.75, 3.05) is 0 Å². The van der Waals surface area contributed by atoms with Crippen LogP contribution in [0, 0.1) is 22.7 Å². The molecular formula is C15H8Cl2N2S. The first-order valence-electron chi connectivity index (χ1n) is 5.63. The molecule has 2 rings (SSSR count). The van der Waals surface area contributed by atoms with Crippen LogP contribution >= 0.6 is 35.8 Å². The van der Waals surface area contributed by atoms with Crippen molar-refractivity contribution >= 4 is 35.8 Å². The molecule has 0 aromatic heterocycles. The van der Waals surface area contributed by atoms with Crippen LogP contribution in [0.15, 0.2) is 41.3 Å². The lowest BCUT2D eigenvalue weighted by Gasteiger charge is -2.15. The zero-order chi connectivity index (χ0) is 14.7. The van der Waals surface area contributed by atoms with Crippen LogP contribution in [-0.2, 0) is 0 Å². The molecule has 0 aliphatic heterocycles. The standard InChI is InChI=1S/C15H8Cl2N2S/c16-15(17)14-12(20)6-5-11(8-19)13(14)10-3-1-9(7-18)2-4-10/h1-6,15,20H. The second kappa shape index (κ2) is 6.20. The molecule has 0 aliphatic rings. The summed E-state index contributed by atoms with van der Waals surface area (Å²) >= 11 is 16.4. The highest BCUT2D eigenvalue weighted by molar-refractivity contribution is 7.80. The maximum absolute atomic E-state index is 9.26. The molecule has 2 aromatic rings. The predicted molar refractivity (Wildman–Crippen MR) is 83.0 cm³/mol. The topological polar surface area (TPSA) is 47.6 Å². The Balaban J connectivity index is 2.74. The van der Waals surface area contributed by atoms with Gasteiger partial charge in [0.15, 0.2) is 0 Å². The molecule has 0 bridgehead atoms. The van der Waals surface area contributed by atoms with Gasteiger partial charge in [0.05, 0.1) is 23.3 Å². The number of benzene rings is 2. The number of hydrogen-bond donors (Lipinski definition) is 1. The molecule has 2 aromatic carbocycles. The zero-order valence-electron chi connectivity index (χ0n) is 10.1. The van der Waals surface area contributed by atoms with Crippen LogP contribution in [0.5, 0.6) is 0 Å². The Morgan fingerprint density at radius 3 is 2.10 bits per heavy atom. The van der Waals surface area contributed by atoms with Gasteiger partial charge in [-0.3, -0.25) is 0 Å². The molecule has 5 heteroatoms. The Morgan fingerprint density at radius 1 is 0.950 bits per heavy atom. The summed E-state index contributed by atoms with van der Waals surface area (Å²) in [6.45, 7) is 0. The van der Waals surface area contributed by atoms with Gasteiger partial charge >= 0.3 is 0 Å². The monoisotopic (exact) mass is 318 g/mol.